The first-order chi connectivity index (χ1) is 11.7. The largest absolute Gasteiger partial charge is 0.465 e. The maximum atomic E-state index is 12.6. The molecule has 2 aromatic heterocycles. The van der Waals surface area contributed by atoms with Gasteiger partial charge in [0.25, 0.3) is 5.91 Å². The molecule has 126 valence electrons. The van der Waals surface area contributed by atoms with Gasteiger partial charge in [0.1, 0.15) is 10.8 Å². The molecule has 0 aromatic carbocycles. The number of ether oxygens (including phenoxy) is 1. The molecule has 0 saturated carbocycles. The number of rotatable bonds is 2. The molecule has 0 aliphatic carbocycles. The van der Waals surface area contributed by atoms with E-state index in [0.717, 1.165) is 15.4 Å². The second kappa shape index (κ2) is 5.86. The third-order valence-electron chi connectivity index (χ3n) is 4.19. The van der Waals surface area contributed by atoms with E-state index in [-0.39, 0.29) is 18.2 Å². The smallest absolute Gasteiger partial charge is 0.410 e. The van der Waals surface area contributed by atoms with Gasteiger partial charge in [-0.3, -0.25) is 4.79 Å². The van der Waals surface area contributed by atoms with Crippen molar-refractivity contribution in [3.8, 4) is 0 Å². The zero-order valence-electron chi connectivity index (χ0n) is 13.1. The minimum atomic E-state index is -0.374. The summed E-state index contributed by atoms with van der Waals surface area (Å²) < 4.78 is 10.4. The van der Waals surface area contributed by atoms with Gasteiger partial charge in [-0.25, -0.2) is 4.79 Å². The molecule has 0 spiro atoms. The predicted molar refractivity (Wildman–Crippen MR) is 88.0 cm³/mol. The molecule has 0 fully saturated rings. The van der Waals surface area contributed by atoms with Crippen LogP contribution in [0.4, 0.5) is 9.80 Å². The summed E-state index contributed by atoms with van der Waals surface area (Å²) in [5.74, 6) is 0.556. The Bertz CT molecular complexity index is 784. The average Bonchev–Trinajstić information content (AvgIpc) is 3.21. The highest BCUT2D eigenvalue weighted by Crippen LogP contribution is 2.40. The minimum absolute atomic E-state index is 0.104. The molecular weight excluding hydrogens is 330 g/mol. The highest BCUT2D eigenvalue weighted by molar-refractivity contribution is 7.16. The molecule has 2 aliphatic rings. The average molecular weight is 347 g/mol. The molecule has 2 aliphatic heterocycles. The SMILES string of the molecule is CCOC(=O)N1CCc2c(sc3c2C(=O)N[C@@H](c2ccco2)N3)C1. The van der Waals surface area contributed by atoms with Crippen molar-refractivity contribution in [3.05, 3.63) is 40.2 Å². The van der Waals surface area contributed by atoms with Crippen molar-refractivity contribution in [1.29, 1.82) is 0 Å². The van der Waals surface area contributed by atoms with E-state index in [0.29, 0.717) is 37.4 Å². The van der Waals surface area contributed by atoms with Crippen molar-refractivity contribution in [1.82, 2.24) is 10.2 Å². The predicted octanol–water partition coefficient (Wildman–Crippen LogP) is 2.71. The van der Waals surface area contributed by atoms with Crippen molar-refractivity contribution in [2.75, 3.05) is 18.5 Å². The lowest BCUT2D eigenvalue weighted by atomic mass is 10.0. The quantitative estimate of drug-likeness (QED) is 0.873. The summed E-state index contributed by atoms with van der Waals surface area (Å²) >= 11 is 1.52. The number of nitrogens with one attached hydrogen (secondary N) is 2. The zero-order valence-corrected chi connectivity index (χ0v) is 13.9. The van der Waals surface area contributed by atoms with Gasteiger partial charge in [0.2, 0.25) is 0 Å². The molecule has 24 heavy (non-hydrogen) atoms. The second-order valence-corrected chi connectivity index (χ2v) is 6.75. The summed E-state index contributed by atoms with van der Waals surface area (Å²) in [5.41, 5.74) is 1.72. The van der Waals surface area contributed by atoms with Crippen LogP contribution in [0.1, 0.15) is 39.6 Å². The van der Waals surface area contributed by atoms with Crippen molar-refractivity contribution in [2.24, 2.45) is 0 Å². The molecule has 2 N–H and O–H groups in total. The first-order valence-corrected chi connectivity index (χ1v) is 8.66. The van der Waals surface area contributed by atoms with Gasteiger partial charge in [-0.05, 0) is 31.0 Å². The zero-order chi connectivity index (χ0) is 16.7. The Morgan fingerprint density at radius 1 is 1.50 bits per heavy atom. The summed E-state index contributed by atoms with van der Waals surface area (Å²) in [7, 11) is 0. The lowest BCUT2D eigenvalue weighted by molar-refractivity contribution is 0.0929. The number of amides is 2. The molecule has 4 heterocycles. The fourth-order valence-corrected chi connectivity index (χ4v) is 4.37. The molecule has 1 atom stereocenters. The van der Waals surface area contributed by atoms with E-state index >= 15 is 0 Å². The summed E-state index contributed by atoms with van der Waals surface area (Å²) in [4.78, 5) is 27.2. The number of furan rings is 1. The fourth-order valence-electron chi connectivity index (χ4n) is 3.08. The van der Waals surface area contributed by atoms with Crippen LogP contribution in [0.5, 0.6) is 0 Å². The van der Waals surface area contributed by atoms with E-state index in [1.54, 1.807) is 24.2 Å². The molecule has 0 saturated heterocycles. The maximum absolute atomic E-state index is 12.6. The van der Waals surface area contributed by atoms with Gasteiger partial charge in [-0.2, -0.15) is 0 Å². The van der Waals surface area contributed by atoms with Crippen LogP contribution in [0.15, 0.2) is 22.8 Å². The molecule has 0 bridgehead atoms. The van der Waals surface area contributed by atoms with E-state index in [1.165, 1.54) is 11.3 Å². The van der Waals surface area contributed by atoms with Gasteiger partial charge >= 0.3 is 6.09 Å². The Balaban J connectivity index is 1.61. The van der Waals surface area contributed by atoms with E-state index < -0.39 is 0 Å². The van der Waals surface area contributed by atoms with Crippen LogP contribution in [0, 0.1) is 0 Å². The third kappa shape index (κ3) is 2.43. The van der Waals surface area contributed by atoms with Crippen LogP contribution in [-0.4, -0.2) is 30.1 Å². The van der Waals surface area contributed by atoms with Crippen molar-refractivity contribution in [3.63, 3.8) is 0 Å². The van der Waals surface area contributed by atoms with Gasteiger partial charge in [0, 0.05) is 11.4 Å². The molecule has 2 aromatic rings. The number of carbonyl (C=O) groups excluding carboxylic acids is 2. The first-order valence-electron chi connectivity index (χ1n) is 7.84. The number of nitrogens with zero attached hydrogens (tertiary/aromatic N) is 1. The van der Waals surface area contributed by atoms with Crippen molar-refractivity contribution < 1.29 is 18.7 Å². The standard InChI is InChI=1S/C16H17N3O4S/c1-2-22-16(21)19-6-5-9-11(8-19)24-15-12(9)14(20)17-13(18-15)10-4-3-7-23-10/h3-4,7,13,18H,2,5-6,8H2,1H3,(H,17,20)/t13-/m1/s1. The topological polar surface area (TPSA) is 83.8 Å². The second-order valence-electron chi connectivity index (χ2n) is 5.64. The third-order valence-corrected chi connectivity index (χ3v) is 5.34. The van der Waals surface area contributed by atoms with E-state index in [9.17, 15) is 9.59 Å². The molecule has 4 rings (SSSR count). The maximum Gasteiger partial charge on any atom is 0.410 e. The Labute approximate surface area is 142 Å². The van der Waals surface area contributed by atoms with E-state index in [4.69, 9.17) is 9.15 Å². The van der Waals surface area contributed by atoms with Crippen LogP contribution in [-0.2, 0) is 17.7 Å². The molecule has 2 amide bonds. The van der Waals surface area contributed by atoms with Crippen LogP contribution in [0.25, 0.3) is 0 Å². The molecule has 0 unspecified atom stereocenters. The normalized spacial score (nSPS) is 19.1. The van der Waals surface area contributed by atoms with Gasteiger partial charge in [0.05, 0.1) is 25.0 Å². The van der Waals surface area contributed by atoms with Gasteiger partial charge in [-0.15, -0.1) is 11.3 Å². The number of thiophene rings is 1. The number of carbonyl (C=O) groups is 2. The van der Waals surface area contributed by atoms with Gasteiger partial charge in [-0.1, -0.05) is 0 Å². The summed E-state index contributed by atoms with van der Waals surface area (Å²) in [6, 6.07) is 3.61. The van der Waals surface area contributed by atoms with Crippen LogP contribution in [0.2, 0.25) is 0 Å². The Kier molecular flexibility index (Phi) is 3.68. The molecule has 8 heteroatoms. The lowest BCUT2D eigenvalue weighted by Gasteiger charge is -2.27. The number of anilines is 1. The van der Waals surface area contributed by atoms with Crippen LogP contribution in [0.3, 0.4) is 0 Å². The number of fused-ring (bicyclic) bond motifs is 3. The highest BCUT2D eigenvalue weighted by Gasteiger charge is 2.35. The molecule has 7 nitrogen and oxygen atoms in total. The van der Waals surface area contributed by atoms with E-state index in [1.807, 2.05) is 6.07 Å². The molecular formula is C16H17N3O4S. The van der Waals surface area contributed by atoms with Crippen molar-refractivity contribution >= 4 is 28.3 Å². The Morgan fingerprint density at radius 2 is 2.38 bits per heavy atom. The number of hydrogen-bond acceptors (Lipinski definition) is 6. The van der Waals surface area contributed by atoms with Crippen LogP contribution >= 0.6 is 11.3 Å². The summed E-state index contributed by atoms with van der Waals surface area (Å²) in [5, 5.41) is 7.07. The monoisotopic (exact) mass is 347 g/mol. The van der Waals surface area contributed by atoms with Gasteiger partial charge in [0.15, 0.2) is 6.17 Å². The number of hydrogen-bond donors (Lipinski definition) is 2. The van der Waals surface area contributed by atoms with Crippen LogP contribution < -0.4 is 10.6 Å². The lowest BCUT2D eigenvalue weighted by Crippen LogP contribution is -2.39. The van der Waals surface area contributed by atoms with Crippen molar-refractivity contribution in [2.45, 2.75) is 26.1 Å². The summed E-state index contributed by atoms with van der Waals surface area (Å²) in [6.45, 7) is 3.19. The molecule has 0 radical (unpaired) electrons. The van der Waals surface area contributed by atoms with E-state index in [2.05, 4.69) is 10.6 Å². The van der Waals surface area contributed by atoms with Gasteiger partial charge < -0.3 is 24.7 Å². The highest BCUT2D eigenvalue weighted by atomic mass is 32.1. The fraction of sp³-hybridized carbons (Fsp3) is 0.375. The summed E-state index contributed by atoms with van der Waals surface area (Å²) in [6.07, 6.45) is 1.55. The first kappa shape index (κ1) is 15.1. The minimum Gasteiger partial charge on any atom is -0.465 e. The Morgan fingerprint density at radius 3 is 3.12 bits per heavy atom. The Hall–Kier alpha value is -2.48.